The van der Waals surface area contributed by atoms with Crippen LogP contribution in [0.15, 0.2) is 24.4 Å². The molecule has 0 spiro atoms. The van der Waals surface area contributed by atoms with Crippen molar-refractivity contribution in [3.05, 3.63) is 24.4 Å². The highest BCUT2D eigenvalue weighted by atomic mass is 16.4. The zero-order valence-electron chi connectivity index (χ0n) is 12.9. The third kappa shape index (κ3) is 4.17. The van der Waals surface area contributed by atoms with Crippen LogP contribution in [0.2, 0.25) is 0 Å². The standard InChI is InChI=1S/C16H25N3O2/c1-3-18(13(2)16(20)21)12-14-7-10-19(11-8-14)15-6-4-5-9-17-15/h4-6,9,13-14H,3,7-8,10-12H2,1-2H3,(H,20,21). The van der Waals surface area contributed by atoms with E-state index in [4.69, 9.17) is 5.11 Å². The summed E-state index contributed by atoms with van der Waals surface area (Å²) >= 11 is 0. The highest BCUT2D eigenvalue weighted by Crippen LogP contribution is 2.22. The van der Waals surface area contributed by atoms with Gasteiger partial charge in [0.1, 0.15) is 11.9 Å². The molecule has 1 unspecified atom stereocenters. The molecule has 0 aliphatic carbocycles. The molecule has 1 N–H and O–H groups in total. The minimum absolute atomic E-state index is 0.399. The van der Waals surface area contributed by atoms with E-state index in [1.54, 1.807) is 6.92 Å². The van der Waals surface area contributed by atoms with E-state index in [9.17, 15) is 4.79 Å². The Morgan fingerprint density at radius 2 is 2.19 bits per heavy atom. The van der Waals surface area contributed by atoms with Gasteiger partial charge in [-0.1, -0.05) is 13.0 Å². The van der Waals surface area contributed by atoms with E-state index in [0.717, 1.165) is 44.8 Å². The number of anilines is 1. The molecule has 5 heteroatoms. The van der Waals surface area contributed by atoms with Crippen LogP contribution in [0.5, 0.6) is 0 Å². The molecular weight excluding hydrogens is 266 g/mol. The number of aliphatic carboxylic acids is 1. The summed E-state index contributed by atoms with van der Waals surface area (Å²) < 4.78 is 0. The molecule has 5 nitrogen and oxygen atoms in total. The minimum Gasteiger partial charge on any atom is -0.480 e. The lowest BCUT2D eigenvalue weighted by Crippen LogP contribution is -2.44. The van der Waals surface area contributed by atoms with E-state index >= 15 is 0 Å². The number of hydrogen-bond acceptors (Lipinski definition) is 4. The Morgan fingerprint density at radius 3 is 2.71 bits per heavy atom. The van der Waals surface area contributed by atoms with Gasteiger partial charge in [-0.3, -0.25) is 9.69 Å². The van der Waals surface area contributed by atoms with Gasteiger partial charge in [-0.05, 0) is 44.4 Å². The molecule has 2 rings (SSSR count). The first-order chi connectivity index (χ1) is 10.1. The van der Waals surface area contributed by atoms with E-state index in [-0.39, 0.29) is 0 Å². The molecular formula is C16H25N3O2. The van der Waals surface area contributed by atoms with Crippen LogP contribution in [0.1, 0.15) is 26.7 Å². The number of carboxylic acid groups (broad SMARTS) is 1. The van der Waals surface area contributed by atoms with Crippen LogP contribution < -0.4 is 4.90 Å². The number of nitrogens with zero attached hydrogens (tertiary/aromatic N) is 3. The van der Waals surface area contributed by atoms with E-state index in [2.05, 4.69) is 14.8 Å². The average Bonchev–Trinajstić information content (AvgIpc) is 2.53. The van der Waals surface area contributed by atoms with Crippen LogP contribution in [-0.4, -0.2) is 53.2 Å². The molecule has 0 saturated carbocycles. The molecule has 0 aromatic carbocycles. The second-order valence-corrected chi connectivity index (χ2v) is 5.72. The highest BCUT2D eigenvalue weighted by Gasteiger charge is 2.25. The molecule has 1 fully saturated rings. The van der Waals surface area contributed by atoms with Crippen molar-refractivity contribution in [1.29, 1.82) is 0 Å². The number of pyridine rings is 1. The Kier molecular flexibility index (Phi) is 5.56. The normalized spacial score (nSPS) is 18.0. The van der Waals surface area contributed by atoms with Gasteiger partial charge in [0.25, 0.3) is 0 Å². The largest absolute Gasteiger partial charge is 0.480 e. The van der Waals surface area contributed by atoms with Gasteiger partial charge in [-0.25, -0.2) is 4.98 Å². The van der Waals surface area contributed by atoms with Gasteiger partial charge in [0.15, 0.2) is 0 Å². The second-order valence-electron chi connectivity index (χ2n) is 5.72. The van der Waals surface area contributed by atoms with Crippen LogP contribution in [0, 0.1) is 5.92 Å². The lowest BCUT2D eigenvalue weighted by Gasteiger charge is -2.36. The molecule has 0 bridgehead atoms. The smallest absolute Gasteiger partial charge is 0.320 e. The van der Waals surface area contributed by atoms with Crippen molar-refractivity contribution >= 4 is 11.8 Å². The van der Waals surface area contributed by atoms with E-state index in [1.165, 1.54) is 0 Å². The van der Waals surface area contributed by atoms with E-state index in [0.29, 0.717) is 5.92 Å². The maximum Gasteiger partial charge on any atom is 0.320 e. The van der Waals surface area contributed by atoms with E-state index in [1.807, 2.05) is 31.3 Å². The fourth-order valence-corrected chi connectivity index (χ4v) is 2.93. The molecule has 1 saturated heterocycles. The first kappa shape index (κ1) is 15.8. The topological polar surface area (TPSA) is 56.7 Å². The molecule has 1 aliphatic rings. The Labute approximate surface area is 126 Å². The van der Waals surface area contributed by atoms with Crippen molar-refractivity contribution in [2.45, 2.75) is 32.7 Å². The molecule has 1 aliphatic heterocycles. The molecule has 0 radical (unpaired) electrons. The summed E-state index contributed by atoms with van der Waals surface area (Å²) in [6, 6.07) is 5.60. The van der Waals surface area contributed by atoms with E-state index < -0.39 is 12.0 Å². The summed E-state index contributed by atoms with van der Waals surface area (Å²) in [5, 5.41) is 9.15. The van der Waals surface area contributed by atoms with Crippen molar-refractivity contribution in [2.24, 2.45) is 5.92 Å². The summed E-state index contributed by atoms with van der Waals surface area (Å²) in [6.07, 6.45) is 4.02. The van der Waals surface area contributed by atoms with Crippen LogP contribution >= 0.6 is 0 Å². The number of piperidine rings is 1. The maximum absolute atomic E-state index is 11.1. The van der Waals surface area contributed by atoms with Crippen LogP contribution in [-0.2, 0) is 4.79 Å². The minimum atomic E-state index is -0.734. The molecule has 2 heterocycles. The fraction of sp³-hybridized carbons (Fsp3) is 0.625. The quantitative estimate of drug-likeness (QED) is 0.870. The molecule has 116 valence electrons. The van der Waals surface area contributed by atoms with Crippen LogP contribution in [0.4, 0.5) is 5.82 Å². The number of likely N-dealkylation sites (N-methyl/N-ethyl adjacent to an activating group) is 1. The number of carbonyl (C=O) groups is 1. The average molecular weight is 291 g/mol. The van der Waals surface area contributed by atoms with Crippen molar-refractivity contribution in [3.8, 4) is 0 Å². The first-order valence-electron chi connectivity index (χ1n) is 7.74. The van der Waals surface area contributed by atoms with Crippen molar-refractivity contribution in [1.82, 2.24) is 9.88 Å². The van der Waals surface area contributed by atoms with Gasteiger partial charge in [0.2, 0.25) is 0 Å². The Bertz CT molecular complexity index is 444. The maximum atomic E-state index is 11.1. The number of rotatable bonds is 6. The summed E-state index contributed by atoms with van der Waals surface area (Å²) in [5.41, 5.74) is 0. The first-order valence-corrected chi connectivity index (χ1v) is 7.74. The van der Waals surface area contributed by atoms with Gasteiger partial charge in [-0.2, -0.15) is 0 Å². The zero-order chi connectivity index (χ0) is 15.2. The molecule has 1 aromatic rings. The van der Waals surface area contributed by atoms with Gasteiger partial charge in [-0.15, -0.1) is 0 Å². The predicted octanol–water partition coefficient (Wildman–Crippen LogP) is 2.09. The third-order valence-electron chi connectivity index (χ3n) is 4.39. The van der Waals surface area contributed by atoms with Crippen molar-refractivity contribution in [3.63, 3.8) is 0 Å². The Hall–Kier alpha value is -1.62. The second kappa shape index (κ2) is 7.41. The van der Waals surface area contributed by atoms with Gasteiger partial charge < -0.3 is 10.0 Å². The SMILES string of the molecule is CCN(CC1CCN(c2ccccn2)CC1)C(C)C(=O)O. The third-order valence-corrected chi connectivity index (χ3v) is 4.39. The summed E-state index contributed by atoms with van der Waals surface area (Å²) in [4.78, 5) is 19.9. The van der Waals surface area contributed by atoms with Crippen LogP contribution in [0.25, 0.3) is 0 Å². The highest BCUT2D eigenvalue weighted by molar-refractivity contribution is 5.72. The van der Waals surface area contributed by atoms with Crippen molar-refractivity contribution < 1.29 is 9.90 Å². The molecule has 1 atom stereocenters. The molecule has 0 amide bonds. The van der Waals surface area contributed by atoms with Gasteiger partial charge in [0, 0.05) is 25.8 Å². The van der Waals surface area contributed by atoms with Crippen molar-refractivity contribution in [2.75, 3.05) is 31.1 Å². The Balaban J connectivity index is 1.85. The summed E-state index contributed by atoms with van der Waals surface area (Å²) in [5.74, 6) is 0.886. The number of carboxylic acids is 1. The lowest BCUT2D eigenvalue weighted by molar-refractivity contribution is -0.142. The monoisotopic (exact) mass is 291 g/mol. The summed E-state index contributed by atoms with van der Waals surface area (Å²) in [7, 11) is 0. The molecule has 21 heavy (non-hydrogen) atoms. The van der Waals surface area contributed by atoms with Crippen LogP contribution in [0.3, 0.4) is 0 Å². The summed E-state index contributed by atoms with van der Waals surface area (Å²) in [6.45, 7) is 7.46. The van der Waals surface area contributed by atoms with Gasteiger partial charge >= 0.3 is 5.97 Å². The lowest BCUT2D eigenvalue weighted by atomic mass is 9.95. The fourth-order valence-electron chi connectivity index (χ4n) is 2.93. The number of aromatic nitrogens is 1. The Morgan fingerprint density at radius 1 is 1.48 bits per heavy atom. The number of hydrogen-bond donors (Lipinski definition) is 1. The predicted molar refractivity (Wildman–Crippen MR) is 83.5 cm³/mol. The molecule has 1 aromatic heterocycles. The zero-order valence-corrected chi connectivity index (χ0v) is 12.9. The van der Waals surface area contributed by atoms with Gasteiger partial charge in [0.05, 0.1) is 0 Å².